The number of thiophene rings is 1. The molecular weight excluding hydrogens is 737 g/mol. The maximum atomic E-state index is 13.0. The molecule has 3 heterocycles. The second kappa shape index (κ2) is 18.3. The molecule has 0 aliphatic carbocycles. The Kier molecular flexibility index (Phi) is 12.8. The van der Waals surface area contributed by atoms with Crippen LogP contribution in [-0.4, -0.2) is 66.8 Å². The van der Waals surface area contributed by atoms with Crippen molar-refractivity contribution < 1.29 is 33.3 Å². The highest BCUT2D eigenvalue weighted by Crippen LogP contribution is 2.31. The van der Waals surface area contributed by atoms with E-state index in [1.807, 2.05) is 78.2 Å². The Morgan fingerprint density at radius 3 is 1.77 bits per heavy atom. The molecule has 2 N–H and O–H groups in total. The molecule has 0 saturated carbocycles. The van der Waals surface area contributed by atoms with Crippen molar-refractivity contribution in [2.45, 2.75) is 25.7 Å². The highest BCUT2D eigenvalue weighted by Gasteiger charge is 2.15. The van der Waals surface area contributed by atoms with E-state index in [1.54, 1.807) is 21.3 Å². The van der Waals surface area contributed by atoms with Gasteiger partial charge >= 0.3 is 0 Å². The summed E-state index contributed by atoms with van der Waals surface area (Å²) in [5.74, 6) is 2.63. The number of benzene rings is 3. The Bertz CT molecular complexity index is 2140. The van der Waals surface area contributed by atoms with E-state index in [2.05, 4.69) is 31.0 Å². The van der Waals surface area contributed by atoms with Gasteiger partial charge in [0.05, 0.1) is 34.2 Å². The predicted octanol–water partition coefficient (Wildman–Crippen LogP) is 6.48. The normalized spacial score (nSPS) is 10.8. The third kappa shape index (κ3) is 10.5. The molecule has 3 aromatic carbocycles. The molecule has 6 rings (SSSR count). The SMILES string of the molecule is COc1ccc(Cc2nnc(NC(=O)Cc3ccccc3OCCOc3ccc(Cc4nnc(NC(=O)Cc5cccs5)s4)cc3OC)s2)cc1OC. The van der Waals surface area contributed by atoms with Crippen molar-refractivity contribution in [3.63, 3.8) is 0 Å². The summed E-state index contributed by atoms with van der Waals surface area (Å²) < 4.78 is 28.3. The number of anilines is 2. The molecule has 3 aromatic heterocycles. The molecule has 0 aliphatic rings. The Labute approximate surface area is 317 Å². The number of hydrogen-bond donors (Lipinski definition) is 2. The summed E-state index contributed by atoms with van der Waals surface area (Å²) in [7, 11) is 4.76. The summed E-state index contributed by atoms with van der Waals surface area (Å²) in [6.45, 7) is 0.486. The van der Waals surface area contributed by atoms with Crippen molar-refractivity contribution in [3.05, 3.63) is 110 Å². The van der Waals surface area contributed by atoms with Gasteiger partial charge in [0.15, 0.2) is 23.0 Å². The van der Waals surface area contributed by atoms with Crippen LogP contribution in [0.2, 0.25) is 0 Å². The fourth-order valence-corrected chi connectivity index (χ4v) is 7.48. The number of carbonyl (C=O) groups excluding carboxylic acids is 2. The Balaban J connectivity index is 0.961. The van der Waals surface area contributed by atoms with Gasteiger partial charge in [-0.3, -0.25) is 9.59 Å². The van der Waals surface area contributed by atoms with E-state index in [0.29, 0.717) is 58.3 Å². The fourth-order valence-electron chi connectivity index (χ4n) is 5.20. The van der Waals surface area contributed by atoms with Crippen molar-refractivity contribution >= 4 is 56.1 Å². The zero-order chi connectivity index (χ0) is 37.0. The van der Waals surface area contributed by atoms with E-state index in [1.165, 1.54) is 34.0 Å². The highest BCUT2D eigenvalue weighted by molar-refractivity contribution is 7.15. The van der Waals surface area contributed by atoms with Crippen LogP contribution < -0.4 is 34.3 Å². The Morgan fingerprint density at radius 2 is 1.17 bits per heavy atom. The second-order valence-electron chi connectivity index (χ2n) is 11.4. The molecule has 53 heavy (non-hydrogen) atoms. The summed E-state index contributed by atoms with van der Waals surface area (Å²) in [6, 6.07) is 22.5. The molecule has 2 amide bonds. The van der Waals surface area contributed by atoms with Crippen molar-refractivity contribution in [2.24, 2.45) is 0 Å². The summed E-state index contributed by atoms with van der Waals surface area (Å²) in [5.41, 5.74) is 2.66. The van der Waals surface area contributed by atoms with Crippen molar-refractivity contribution in [1.82, 2.24) is 20.4 Å². The first-order valence-corrected chi connectivity index (χ1v) is 18.9. The zero-order valence-corrected chi connectivity index (χ0v) is 31.6. The first-order chi connectivity index (χ1) is 25.9. The maximum Gasteiger partial charge on any atom is 0.231 e. The molecule has 0 spiro atoms. The number of hydrogen-bond acceptors (Lipinski definition) is 14. The van der Waals surface area contributed by atoms with Gasteiger partial charge in [-0.1, -0.05) is 59.1 Å². The zero-order valence-electron chi connectivity index (χ0n) is 29.1. The lowest BCUT2D eigenvalue weighted by Crippen LogP contribution is -2.16. The van der Waals surface area contributed by atoms with Crippen molar-refractivity contribution in [2.75, 3.05) is 45.2 Å². The van der Waals surface area contributed by atoms with Gasteiger partial charge < -0.3 is 34.3 Å². The van der Waals surface area contributed by atoms with E-state index < -0.39 is 0 Å². The minimum absolute atomic E-state index is 0.0918. The van der Waals surface area contributed by atoms with Crippen LogP contribution in [0.25, 0.3) is 0 Å². The minimum Gasteiger partial charge on any atom is -0.493 e. The van der Waals surface area contributed by atoms with Crippen LogP contribution >= 0.6 is 34.0 Å². The smallest absolute Gasteiger partial charge is 0.231 e. The van der Waals surface area contributed by atoms with Crippen LogP contribution in [0.15, 0.2) is 78.2 Å². The van der Waals surface area contributed by atoms with Gasteiger partial charge in [-0.15, -0.1) is 31.7 Å². The first kappa shape index (κ1) is 37.2. The molecule has 0 bridgehead atoms. The van der Waals surface area contributed by atoms with Crippen LogP contribution in [-0.2, 0) is 35.3 Å². The van der Waals surface area contributed by atoms with Crippen LogP contribution in [0, 0.1) is 0 Å². The number of methoxy groups -OCH3 is 3. The summed E-state index contributed by atoms with van der Waals surface area (Å²) in [6.07, 6.45) is 1.45. The highest BCUT2D eigenvalue weighted by atomic mass is 32.1. The van der Waals surface area contributed by atoms with Crippen LogP contribution in [0.4, 0.5) is 10.3 Å². The largest absolute Gasteiger partial charge is 0.493 e. The fraction of sp³-hybridized carbons (Fsp3) is 0.243. The average Bonchev–Trinajstić information content (AvgIpc) is 3.94. The Morgan fingerprint density at radius 1 is 0.604 bits per heavy atom. The second-order valence-corrected chi connectivity index (χ2v) is 14.5. The van der Waals surface area contributed by atoms with Gasteiger partial charge in [0.2, 0.25) is 22.1 Å². The number of carbonyl (C=O) groups is 2. The summed E-state index contributed by atoms with van der Waals surface area (Å²) >= 11 is 4.18. The van der Waals surface area contributed by atoms with Crippen LogP contribution in [0.1, 0.15) is 31.6 Å². The molecule has 13 nitrogen and oxygen atoms in total. The van der Waals surface area contributed by atoms with Gasteiger partial charge in [-0.25, -0.2) is 0 Å². The maximum absolute atomic E-state index is 13.0. The number of ether oxygens (including phenoxy) is 5. The number of amides is 2. The number of nitrogens with one attached hydrogen (secondary N) is 2. The third-order valence-electron chi connectivity index (χ3n) is 7.65. The standard InChI is InChI=1S/C37H36N6O7S3/c1-46-28-12-10-23(17-30(28)47-2)19-34-40-42-36(52-34)38-32(44)21-25-7-4-5-9-27(25)49-14-15-50-29-13-11-24(18-31(29)48-3)20-35-41-43-37(53-35)39-33(45)22-26-8-6-16-51-26/h4-13,16-18H,14-15,19-22H2,1-3H3,(H,38,42,44)(H,39,43,45). The van der Waals surface area contributed by atoms with Gasteiger partial charge in [0.25, 0.3) is 0 Å². The molecule has 0 fully saturated rings. The molecular formula is C37H36N6O7S3. The average molecular weight is 773 g/mol. The third-order valence-corrected chi connectivity index (χ3v) is 10.2. The Hall–Kier alpha value is -5.58. The molecule has 0 radical (unpaired) electrons. The lowest BCUT2D eigenvalue weighted by molar-refractivity contribution is -0.116. The van der Waals surface area contributed by atoms with Gasteiger partial charge in [-0.05, 0) is 52.9 Å². The number of rotatable bonds is 18. The minimum atomic E-state index is -0.236. The van der Waals surface area contributed by atoms with E-state index >= 15 is 0 Å². The quantitative estimate of drug-likeness (QED) is 0.0923. The molecule has 0 aliphatic heterocycles. The van der Waals surface area contributed by atoms with Gasteiger partial charge in [-0.2, -0.15) is 0 Å². The van der Waals surface area contributed by atoms with Crippen LogP contribution in [0.3, 0.4) is 0 Å². The van der Waals surface area contributed by atoms with E-state index in [-0.39, 0.29) is 31.4 Å². The molecule has 0 atom stereocenters. The van der Waals surface area contributed by atoms with Crippen LogP contribution in [0.5, 0.6) is 28.7 Å². The lowest BCUT2D eigenvalue weighted by atomic mass is 10.1. The van der Waals surface area contributed by atoms with Gasteiger partial charge in [0, 0.05) is 23.3 Å². The summed E-state index contributed by atoms with van der Waals surface area (Å²) in [5, 5.41) is 26.7. The van der Waals surface area contributed by atoms with E-state index in [4.69, 9.17) is 23.7 Å². The lowest BCUT2D eigenvalue weighted by Gasteiger charge is -2.14. The van der Waals surface area contributed by atoms with Crippen molar-refractivity contribution in [1.29, 1.82) is 0 Å². The number of nitrogens with zero attached hydrogens (tertiary/aromatic N) is 4. The van der Waals surface area contributed by atoms with Gasteiger partial charge in [0.1, 0.15) is 29.0 Å². The monoisotopic (exact) mass is 772 g/mol. The van der Waals surface area contributed by atoms with E-state index in [0.717, 1.165) is 31.6 Å². The molecule has 0 unspecified atom stereocenters. The molecule has 6 aromatic rings. The van der Waals surface area contributed by atoms with E-state index in [9.17, 15) is 9.59 Å². The predicted molar refractivity (Wildman–Crippen MR) is 204 cm³/mol. The first-order valence-electron chi connectivity index (χ1n) is 16.4. The molecule has 16 heteroatoms. The number of para-hydroxylation sites is 1. The topological polar surface area (TPSA) is 156 Å². The van der Waals surface area contributed by atoms with Crippen molar-refractivity contribution in [3.8, 4) is 28.7 Å². The molecule has 274 valence electrons. The summed E-state index contributed by atoms with van der Waals surface area (Å²) in [4.78, 5) is 26.3. The number of aromatic nitrogens is 4. The molecule has 0 saturated heterocycles.